The van der Waals surface area contributed by atoms with E-state index in [-0.39, 0.29) is 5.76 Å². The van der Waals surface area contributed by atoms with Crippen LogP contribution in [0.25, 0.3) is 22.5 Å². The lowest BCUT2D eigenvalue weighted by Crippen LogP contribution is -2.15. The van der Waals surface area contributed by atoms with Crippen LogP contribution in [-0.2, 0) is 13.1 Å². The summed E-state index contributed by atoms with van der Waals surface area (Å²) in [5.74, 6) is 1.25. The molecule has 0 atom stereocenters. The fourth-order valence-corrected chi connectivity index (χ4v) is 4.06. The number of benzene rings is 2. The molecule has 0 saturated heterocycles. The Labute approximate surface area is 160 Å². The van der Waals surface area contributed by atoms with Crippen LogP contribution in [0.5, 0.6) is 0 Å². The molecule has 4 rings (SSSR count). The van der Waals surface area contributed by atoms with Gasteiger partial charge < -0.3 is 8.98 Å². The van der Waals surface area contributed by atoms with Crippen LogP contribution in [0.1, 0.15) is 12.5 Å². The average molecular weight is 380 g/mol. The smallest absolute Gasteiger partial charge is 0.408 e. The quantitative estimate of drug-likeness (QED) is 0.474. The Kier molecular flexibility index (Phi) is 4.85. The fraction of sp³-hybridized carbons (Fsp3) is 0.250. The number of hydrogen-bond acceptors (Lipinski definition) is 5. The van der Waals surface area contributed by atoms with Gasteiger partial charge in [-0.25, -0.2) is 4.79 Å². The summed E-state index contributed by atoms with van der Waals surface area (Å²) in [6.07, 6.45) is 0. The molecule has 2 aromatic heterocycles. The van der Waals surface area contributed by atoms with Crippen molar-refractivity contribution in [3.63, 3.8) is 0 Å². The standard InChI is InChI=1S/C20H20N4O2S/c1-3-23-18(15-8-6-7-14(2)13-15)21-22-19(23)27-12-11-24-16-9-4-5-10-17(16)26-20(24)25/h4-10,13H,3,11-12H2,1-2H3. The summed E-state index contributed by atoms with van der Waals surface area (Å²) in [6, 6.07) is 15.7. The lowest BCUT2D eigenvalue weighted by molar-refractivity contribution is 0.514. The van der Waals surface area contributed by atoms with E-state index >= 15 is 0 Å². The van der Waals surface area contributed by atoms with Crippen LogP contribution in [0, 0.1) is 6.92 Å². The second-order valence-corrected chi connectivity index (χ2v) is 7.32. The first-order chi connectivity index (χ1) is 13.2. The minimum Gasteiger partial charge on any atom is -0.408 e. The summed E-state index contributed by atoms with van der Waals surface area (Å²) in [7, 11) is 0. The maximum absolute atomic E-state index is 12.1. The van der Waals surface area contributed by atoms with Crippen LogP contribution in [0.3, 0.4) is 0 Å². The van der Waals surface area contributed by atoms with Gasteiger partial charge in [-0.15, -0.1) is 10.2 Å². The van der Waals surface area contributed by atoms with Crippen LogP contribution in [-0.4, -0.2) is 25.1 Å². The van der Waals surface area contributed by atoms with E-state index in [4.69, 9.17) is 4.42 Å². The van der Waals surface area contributed by atoms with Crippen molar-refractivity contribution in [3.05, 3.63) is 64.6 Å². The Morgan fingerprint density at radius 2 is 1.93 bits per heavy atom. The maximum atomic E-state index is 12.1. The number of oxazole rings is 1. The van der Waals surface area contributed by atoms with Gasteiger partial charge in [-0.1, -0.05) is 47.7 Å². The monoisotopic (exact) mass is 380 g/mol. The maximum Gasteiger partial charge on any atom is 0.419 e. The van der Waals surface area contributed by atoms with Gasteiger partial charge in [0.25, 0.3) is 0 Å². The third-order valence-electron chi connectivity index (χ3n) is 4.43. The topological polar surface area (TPSA) is 65.8 Å². The van der Waals surface area contributed by atoms with E-state index in [1.807, 2.05) is 30.3 Å². The third-order valence-corrected chi connectivity index (χ3v) is 5.38. The van der Waals surface area contributed by atoms with Crippen LogP contribution in [0.2, 0.25) is 0 Å². The van der Waals surface area contributed by atoms with E-state index in [0.717, 1.165) is 28.6 Å². The molecule has 0 bridgehead atoms. The SMILES string of the molecule is CCn1c(SCCn2c(=O)oc3ccccc32)nnc1-c1cccc(C)c1. The minimum atomic E-state index is -0.325. The second kappa shape index (κ2) is 7.44. The normalized spacial score (nSPS) is 11.3. The Morgan fingerprint density at radius 1 is 1.07 bits per heavy atom. The molecule has 0 spiro atoms. The van der Waals surface area contributed by atoms with Crippen molar-refractivity contribution in [3.8, 4) is 11.4 Å². The first kappa shape index (κ1) is 17.6. The molecular formula is C20H20N4O2S. The second-order valence-electron chi connectivity index (χ2n) is 6.26. The molecule has 0 radical (unpaired) electrons. The number of aryl methyl sites for hydroxylation is 2. The Bertz CT molecular complexity index is 1140. The number of fused-ring (bicyclic) bond motifs is 1. The van der Waals surface area contributed by atoms with Gasteiger partial charge in [0.15, 0.2) is 16.6 Å². The Hall–Kier alpha value is -2.80. The zero-order valence-corrected chi connectivity index (χ0v) is 16.1. The van der Waals surface area contributed by atoms with Crippen molar-refractivity contribution in [2.75, 3.05) is 5.75 Å². The minimum absolute atomic E-state index is 0.325. The van der Waals surface area contributed by atoms with Crippen molar-refractivity contribution in [1.29, 1.82) is 0 Å². The molecule has 0 aliphatic carbocycles. The predicted molar refractivity (Wildman–Crippen MR) is 107 cm³/mol. The van der Waals surface area contributed by atoms with E-state index in [1.165, 1.54) is 5.56 Å². The number of rotatable bonds is 6. The summed E-state index contributed by atoms with van der Waals surface area (Å²) in [4.78, 5) is 12.1. The van der Waals surface area contributed by atoms with E-state index in [2.05, 4.69) is 46.8 Å². The number of nitrogens with zero attached hydrogens (tertiary/aromatic N) is 4. The third kappa shape index (κ3) is 3.42. The van der Waals surface area contributed by atoms with Crippen LogP contribution in [0.15, 0.2) is 62.9 Å². The molecule has 0 fully saturated rings. The zero-order valence-electron chi connectivity index (χ0n) is 15.3. The van der Waals surface area contributed by atoms with E-state index in [9.17, 15) is 4.79 Å². The van der Waals surface area contributed by atoms with E-state index < -0.39 is 0 Å². The first-order valence-corrected chi connectivity index (χ1v) is 9.87. The van der Waals surface area contributed by atoms with Crippen molar-refractivity contribution in [2.45, 2.75) is 32.1 Å². The molecule has 2 heterocycles. The Balaban J connectivity index is 1.53. The van der Waals surface area contributed by atoms with Crippen molar-refractivity contribution in [2.24, 2.45) is 0 Å². The van der Waals surface area contributed by atoms with Gasteiger partial charge in [-0.2, -0.15) is 0 Å². The highest BCUT2D eigenvalue weighted by Crippen LogP contribution is 2.25. The van der Waals surface area contributed by atoms with Crippen LogP contribution in [0.4, 0.5) is 0 Å². The summed E-state index contributed by atoms with van der Waals surface area (Å²) in [5.41, 5.74) is 3.69. The molecule has 7 heteroatoms. The molecule has 0 amide bonds. The van der Waals surface area contributed by atoms with Gasteiger partial charge in [-0.3, -0.25) is 4.57 Å². The average Bonchev–Trinajstić information content (AvgIpc) is 3.22. The molecule has 0 N–H and O–H groups in total. The molecule has 4 aromatic rings. The number of para-hydroxylation sites is 2. The highest BCUT2D eigenvalue weighted by atomic mass is 32.2. The van der Waals surface area contributed by atoms with Gasteiger partial charge in [0, 0.05) is 24.4 Å². The number of thioether (sulfide) groups is 1. The van der Waals surface area contributed by atoms with Crippen LogP contribution < -0.4 is 5.76 Å². The Morgan fingerprint density at radius 3 is 2.74 bits per heavy atom. The summed E-state index contributed by atoms with van der Waals surface area (Å²) >= 11 is 1.59. The largest absolute Gasteiger partial charge is 0.419 e. The highest BCUT2D eigenvalue weighted by molar-refractivity contribution is 7.99. The number of hydrogen-bond donors (Lipinski definition) is 0. The molecule has 2 aromatic carbocycles. The summed E-state index contributed by atoms with van der Waals surface area (Å²) in [6.45, 7) is 5.49. The fourth-order valence-electron chi connectivity index (χ4n) is 3.13. The van der Waals surface area contributed by atoms with E-state index in [0.29, 0.717) is 17.9 Å². The predicted octanol–water partition coefficient (Wildman–Crippen LogP) is 3.97. The van der Waals surface area contributed by atoms with Gasteiger partial charge in [0.05, 0.1) is 5.52 Å². The first-order valence-electron chi connectivity index (χ1n) is 8.89. The highest BCUT2D eigenvalue weighted by Gasteiger charge is 2.14. The van der Waals surface area contributed by atoms with E-state index in [1.54, 1.807) is 16.3 Å². The summed E-state index contributed by atoms with van der Waals surface area (Å²) in [5, 5.41) is 9.60. The zero-order chi connectivity index (χ0) is 18.8. The van der Waals surface area contributed by atoms with Gasteiger partial charge in [-0.05, 0) is 32.0 Å². The van der Waals surface area contributed by atoms with Gasteiger partial charge in [0.2, 0.25) is 0 Å². The van der Waals surface area contributed by atoms with Crippen LogP contribution >= 0.6 is 11.8 Å². The number of aromatic nitrogens is 4. The van der Waals surface area contributed by atoms with Gasteiger partial charge >= 0.3 is 5.76 Å². The molecule has 0 unspecified atom stereocenters. The molecule has 0 saturated carbocycles. The lowest BCUT2D eigenvalue weighted by Gasteiger charge is -2.08. The molecule has 138 valence electrons. The van der Waals surface area contributed by atoms with Crippen molar-refractivity contribution >= 4 is 22.9 Å². The summed E-state index contributed by atoms with van der Waals surface area (Å²) < 4.78 is 9.05. The molecule has 27 heavy (non-hydrogen) atoms. The molecular weight excluding hydrogens is 360 g/mol. The van der Waals surface area contributed by atoms with Gasteiger partial charge in [0.1, 0.15) is 0 Å². The van der Waals surface area contributed by atoms with Crippen molar-refractivity contribution < 1.29 is 4.42 Å². The molecule has 0 aliphatic rings. The van der Waals surface area contributed by atoms with Crippen molar-refractivity contribution in [1.82, 2.24) is 19.3 Å². The molecule has 6 nitrogen and oxygen atoms in total. The lowest BCUT2D eigenvalue weighted by atomic mass is 10.1. The molecule has 0 aliphatic heterocycles.